The summed E-state index contributed by atoms with van der Waals surface area (Å²) in [5, 5.41) is 6.36. The van der Waals surface area contributed by atoms with E-state index in [2.05, 4.69) is 34.6 Å². The van der Waals surface area contributed by atoms with Crippen LogP contribution in [0, 0.1) is 0 Å². The topological polar surface area (TPSA) is 53.6 Å². The maximum absolute atomic E-state index is 12.2. The van der Waals surface area contributed by atoms with Crippen LogP contribution < -0.4 is 10.6 Å². The van der Waals surface area contributed by atoms with Crippen LogP contribution in [0.5, 0.6) is 0 Å². The average Bonchev–Trinajstić information content (AvgIpc) is 2.61. The van der Waals surface area contributed by atoms with Gasteiger partial charge in [0.05, 0.1) is 13.2 Å². The van der Waals surface area contributed by atoms with Gasteiger partial charge in [0.1, 0.15) is 0 Å². The highest BCUT2D eigenvalue weighted by molar-refractivity contribution is 5.78. The van der Waals surface area contributed by atoms with E-state index in [-0.39, 0.29) is 5.91 Å². The Bertz CT molecular complexity index is 507. The van der Waals surface area contributed by atoms with E-state index in [9.17, 15) is 4.79 Å². The largest absolute Gasteiger partial charge is 0.377 e. The summed E-state index contributed by atoms with van der Waals surface area (Å²) >= 11 is 0. The van der Waals surface area contributed by atoms with E-state index in [4.69, 9.17) is 4.74 Å². The molecule has 134 valence electrons. The number of amides is 1. The van der Waals surface area contributed by atoms with Crippen LogP contribution in [0.1, 0.15) is 37.3 Å². The van der Waals surface area contributed by atoms with Crippen molar-refractivity contribution in [3.05, 3.63) is 35.4 Å². The number of carbonyl (C=O) groups is 1. The van der Waals surface area contributed by atoms with Crippen molar-refractivity contribution in [2.24, 2.45) is 0 Å². The normalized spacial score (nSPS) is 18.5. The first-order valence-electron chi connectivity index (χ1n) is 9.03. The highest BCUT2D eigenvalue weighted by atomic mass is 16.5. The number of ether oxygens (including phenoxy) is 1. The molecule has 1 heterocycles. The van der Waals surface area contributed by atoms with E-state index in [0.717, 1.165) is 43.7 Å². The molecule has 1 aromatic rings. The Labute approximate surface area is 145 Å². The molecule has 24 heavy (non-hydrogen) atoms. The molecule has 0 saturated carbocycles. The predicted molar refractivity (Wildman–Crippen MR) is 96.8 cm³/mol. The Morgan fingerprint density at radius 2 is 2.12 bits per heavy atom. The van der Waals surface area contributed by atoms with Gasteiger partial charge in [0.25, 0.3) is 0 Å². The van der Waals surface area contributed by atoms with Crippen molar-refractivity contribution in [1.29, 1.82) is 0 Å². The van der Waals surface area contributed by atoms with Crippen molar-refractivity contribution in [2.45, 2.75) is 45.4 Å². The van der Waals surface area contributed by atoms with Gasteiger partial charge >= 0.3 is 0 Å². The number of benzene rings is 1. The van der Waals surface area contributed by atoms with Crippen LogP contribution >= 0.6 is 0 Å². The van der Waals surface area contributed by atoms with Gasteiger partial charge in [-0.15, -0.1) is 0 Å². The molecule has 1 amide bonds. The van der Waals surface area contributed by atoms with Crippen LogP contribution in [0.25, 0.3) is 0 Å². The van der Waals surface area contributed by atoms with Crippen LogP contribution in [0.15, 0.2) is 24.3 Å². The zero-order valence-corrected chi connectivity index (χ0v) is 15.0. The molecule has 1 unspecified atom stereocenters. The number of likely N-dealkylation sites (tertiary alicyclic amines) is 1. The monoisotopic (exact) mass is 333 g/mol. The fraction of sp³-hybridized carbons (Fsp3) is 0.632. The highest BCUT2D eigenvalue weighted by Crippen LogP contribution is 2.11. The van der Waals surface area contributed by atoms with Crippen molar-refractivity contribution in [3.8, 4) is 0 Å². The Hall–Kier alpha value is -1.43. The molecular weight excluding hydrogens is 302 g/mol. The molecule has 0 spiro atoms. The summed E-state index contributed by atoms with van der Waals surface area (Å²) < 4.78 is 5.63. The molecule has 0 aliphatic carbocycles. The van der Waals surface area contributed by atoms with Crippen molar-refractivity contribution in [3.63, 3.8) is 0 Å². The van der Waals surface area contributed by atoms with E-state index < -0.39 is 0 Å². The van der Waals surface area contributed by atoms with Crippen molar-refractivity contribution < 1.29 is 9.53 Å². The number of carbonyl (C=O) groups excluding carboxylic acids is 1. The minimum absolute atomic E-state index is 0.0935. The predicted octanol–water partition coefficient (Wildman–Crippen LogP) is 1.91. The molecule has 0 bridgehead atoms. The summed E-state index contributed by atoms with van der Waals surface area (Å²) in [5.74, 6) is 0.0935. The minimum Gasteiger partial charge on any atom is -0.377 e. The molecule has 2 N–H and O–H groups in total. The Kier molecular flexibility index (Phi) is 8.22. The summed E-state index contributed by atoms with van der Waals surface area (Å²) in [4.78, 5) is 14.5. The second kappa shape index (κ2) is 10.4. The van der Waals surface area contributed by atoms with Gasteiger partial charge in [-0.05, 0) is 44.0 Å². The second-order valence-corrected chi connectivity index (χ2v) is 6.46. The highest BCUT2D eigenvalue weighted by Gasteiger charge is 2.20. The lowest BCUT2D eigenvalue weighted by molar-refractivity contribution is -0.122. The molecule has 1 atom stereocenters. The summed E-state index contributed by atoms with van der Waals surface area (Å²) in [6.45, 7) is 6.47. The van der Waals surface area contributed by atoms with Gasteiger partial charge in [-0.2, -0.15) is 0 Å². The molecule has 1 aliphatic rings. The maximum atomic E-state index is 12.2. The molecule has 0 aromatic heterocycles. The van der Waals surface area contributed by atoms with E-state index in [1.54, 1.807) is 0 Å². The number of nitrogens with one attached hydrogen (secondary N) is 2. The number of nitrogens with zero attached hydrogens (tertiary/aromatic N) is 1. The van der Waals surface area contributed by atoms with Crippen LogP contribution in [0.2, 0.25) is 0 Å². The van der Waals surface area contributed by atoms with Gasteiger partial charge < -0.3 is 15.4 Å². The Morgan fingerprint density at radius 3 is 2.88 bits per heavy atom. The molecular formula is C19H31N3O2. The molecule has 2 rings (SSSR count). The molecule has 5 nitrogen and oxygen atoms in total. The molecule has 1 fully saturated rings. The van der Waals surface area contributed by atoms with Crippen LogP contribution in [-0.4, -0.2) is 50.1 Å². The van der Waals surface area contributed by atoms with Gasteiger partial charge in [0.15, 0.2) is 0 Å². The molecule has 1 saturated heterocycles. The van der Waals surface area contributed by atoms with E-state index >= 15 is 0 Å². The third kappa shape index (κ3) is 6.23. The zero-order valence-electron chi connectivity index (χ0n) is 15.0. The maximum Gasteiger partial charge on any atom is 0.234 e. The van der Waals surface area contributed by atoms with E-state index in [0.29, 0.717) is 25.7 Å². The van der Waals surface area contributed by atoms with Crippen LogP contribution in [-0.2, 0) is 22.7 Å². The molecule has 5 heteroatoms. The lowest BCUT2D eigenvalue weighted by Crippen LogP contribution is -2.47. The van der Waals surface area contributed by atoms with Gasteiger partial charge in [-0.1, -0.05) is 31.2 Å². The average molecular weight is 333 g/mol. The SMILES string of the molecule is CCCOCc1ccccc1CNC(=O)CN1CCCC(NC)C1. The third-order valence-electron chi connectivity index (χ3n) is 4.48. The van der Waals surface area contributed by atoms with Crippen LogP contribution in [0.3, 0.4) is 0 Å². The fourth-order valence-corrected chi connectivity index (χ4v) is 3.08. The van der Waals surface area contributed by atoms with Crippen molar-refractivity contribution in [2.75, 3.05) is 33.3 Å². The standard InChI is InChI=1S/C19H31N3O2/c1-3-11-24-15-17-8-5-4-7-16(17)12-21-19(23)14-22-10-6-9-18(13-22)20-2/h4-5,7-8,18,20H,3,6,9-15H2,1-2H3,(H,21,23). The minimum atomic E-state index is 0.0935. The first-order valence-corrected chi connectivity index (χ1v) is 9.03. The van der Waals surface area contributed by atoms with Gasteiger partial charge in [-0.25, -0.2) is 0 Å². The third-order valence-corrected chi connectivity index (χ3v) is 4.48. The van der Waals surface area contributed by atoms with Gasteiger partial charge in [-0.3, -0.25) is 9.69 Å². The fourth-order valence-electron chi connectivity index (χ4n) is 3.08. The quantitative estimate of drug-likeness (QED) is 0.678. The second-order valence-electron chi connectivity index (χ2n) is 6.46. The van der Waals surface area contributed by atoms with E-state index in [1.165, 1.54) is 6.42 Å². The lowest BCUT2D eigenvalue weighted by atomic mass is 10.1. The first kappa shape index (κ1) is 18.9. The number of hydrogen-bond donors (Lipinski definition) is 2. The Morgan fingerprint density at radius 1 is 1.33 bits per heavy atom. The van der Waals surface area contributed by atoms with E-state index in [1.807, 2.05) is 19.2 Å². The van der Waals surface area contributed by atoms with Gasteiger partial charge in [0, 0.05) is 25.7 Å². The zero-order chi connectivity index (χ0) is 17.2. The summed E-state index contributed by atoms with van der Waals surface area (Å²) in [7, 11) is 1.99. The number of likely N-dealkylation sites (N-methyl/N-ethyl adjacent to an activating group) is 1. The number of hydrogen-bond acceptors (Lipinski definition) is 4. The summed E-state index contributed by atoms with van der Waals surface area (Å²) in [5.41, 5.74) is 2.29. The summed E-state index contributed by atoms with van der Waals surface area (Å²) in [6, 6.07) is 8.65. The van der Waals surface area contributed by atoms with Crippen molar-refractivity contribution in [1.82, 2.24) is 15.5 Å². The smallest absolute Gasteiger partial charge is 0.234 e. The molecule has 0 radical (unpaired) electrons. The van der Waals surface area contributed by atoms with Gasteiger partial charge in [0.2, 0.25) is 5.91 Å². The molecule has 1 aromatic carbocycles. The van der Waals surface area contributed by atoms with Crippen molar-refractivity contribution >= 4 is 5.91 Å². The Balaban J connectivity index is 1.79. The summed E-state index contributed by atoms with van der Waals surface area (Å²) in [6.07, 6.45) is 3.36. The number of piperidine rings is 1. The molecule has 1 aliphatic heterocycles. The first-order chi connectivity index (χ1) is 11.7. The lowest BCUT2D eigenvalue weighted by Gasteiger charge is -2.31. The number of rotatable bonds is 9. The van der Waals surface area contributed by atoms with Crippen LogP contribution in [0.4, 0.5) is 0 Å².